The van der Waals surface area contributed by atoms with Gasteiger partial charge in [0.1, 0.15) is 0 Å². The van der Waals surface area contributed by atoms with E-state index < -0.39 is 17.6 Å². The molecule has 0 radical (unpaired) electrons. The number of hydrogen-bond acceptors (Lipinski definition) is 3. The van der Waals surface area contributed by atoms with Crippen molar-refractivity contribution >= 4 is 11.6 Å². The topological polar surface area (TPSA) is 44.4 Å². The third-order valence-corrected chi connectivity index (χ3v) is 4.83. The largest absolute Gasteiger partial charge is 0.418 e. The Bertz CT molecular complexity index is 586. The number of likely N-dealkylation sites (tertiary alicyclic amines) is 1. The average Bonchev–Trinajstić information content (AvgIpc) is 3.09. The summed E-state index contributed by atoms with van der Waals surface area (Å²) in [5.74, 6) is -0.420. The Morgan fingerprint density at radius 3 is 2.50 bits per heavy atom. The fourth-order valence-corrected chi connectivity index (χ4v) is 3.37. The lowest BCUT2D eigenvalue weighted by Crippen LogP contribution is -2.43. The first kappa shape index (κ1) is 20.7. The lowest BCUT2D eigenvalue weighted by Gasteiger charge is -2.28. The fourth-order valence-electron chi connectivity index (χ4n) is 3.37. The van der Waals surface area contributed by atoms with Gasteiger partial charge >= 0.3 is 6.18 Å². The smallest absolute Gasteiger partial charge is 0.325 e. The number of rotatable bonds is 8. The van der Waals surface area contributed by atoms with Gasteiger partial charge in [-0.05, 0) is 51.4 Å². The molecule has 2 N–H and O–H groups in total. The minimum Gasteiger partial charge on any atom is -0.325 e. The van der Waals surface area contributed by atoms with Crippen LogP contribution in [0.2, 0.25) is 0 Å². The molecular formula is C19H28F3N3O. The molecule has 2 rings (SSSR count). The Kier molecular flexibility index (Phi) is 7.46. The van der Waals surface area contributed by atoms with Gasteiger partial charge < -0.3 is 10.6 Å². The van der Waals surface area contributed by atoms with Crippen LogP contribution in [0.25, 0.3) is 0 Å². The van der Waals surface area contributed by atoms with Crippen molar-refractivity contribution in [2.75, 3.05) is 25.0 Å². The number of halogens is 3. The van der Waals surface area contributed by atoms with Crippen LogP contribution in [-0.2, 0) is 11.0 Å². The van der Waals surface area contributed by atoms with E-state index in [9.17, 15) is 18.0 Å². The highest BCUT2D eigenvalue weighted by atomic mass is 19.4. The summed E-state index contributed by atoms with van der Waals surface area (Å²) in [5.41, 5.74) is -1.02. The van der Waals surface area contributed by atoms with E-state index >= 15 is 0 Å². The van der Waals surface area contributed by atoms with Crippen molar-refractivity contribution in [3.63, 3.8) is 0 Å². The second-order valence-electron chi connectivity index (χ2n) is 6.91. The van der Waals surface area contributed by atoms with Crippen molar-refractivity contribution in [3.05, 3.63) is 29.8 Å². The molecule has 1 saturated heterocycles. The number of alkyl halides is 3. The molecule has 0 spiro atoms. The van der Waals surface area contributed by atoms with E-state index in [2.05, 4.69) is 22.5 Å². The first-order chi connectivity index (χ1) is 12.3. The van der Waals surface area contributed by atoms with Crippen LogP contribution in [0.1, 0.15) is 45.1 Å². The molecule has 0 aliphatic carbocycles. The Labute approximate surface area is 153 Å². The molecule has 146 valence electrons. The molecule has 0 aromatic heterocycles. The summed E-state index contributed by atoms with van der Waals surface area (Å²) in [6, 6.07) is 5.37. The summed E-state index contributed by atoms with van der Waals surface area (Å²) in [6.45, 7) is 7.04. The summed E-state index contributed by atoms with van der Waals surface area (Å²) in [6.07, 6.45) is -0.870. The summed E-state index contributed by atoms with van der Waals surface area (Å²) in [5, 5.41) is 5.74. The molecule has 2 atom stereocenters. The molecule has 1 aliphatic heterocycles. The van der Waals surface area contributed by atoms with E-state index in [0.29, 0.717) is 6.04 Å². The number of para-hydroxylation sites is 1. The van der Waals surface area contributed by atoms with Crippen molar-refractivity contribution in [2.45, 2.75) is 57.8 Å². The van der Waals surface area contributed by atoms with Crippen molar-refractivity contribution in [1.82, 2.24) is 10.2 Å². The zero-order valence-electron chi connectivity index (χ0n) is 15.4. The van der Waals surface area contributed by atoms with E-state index in [1.54, 1.807) is 0 Å². The lowest BCUT2D eigenvalue weighted by atomic mass is 10.1. The van der Waals surface area contributed by atoms with Gasteiger partial charge in [-0.1, -0.05) is 19.1 Å². The molecule has 7 heteroatoms. The van der Waals surface area contributed by atoms with Gasteiger partial charge in [0.15, 0.2) is 0 Å². The Hall–Kier alpha value is -1.60. The van der Waals surface area contributed by atoms with Gasteiger partial charge in [-0.15, -0.1) is 0 Å². The molecule has 1 aromatic carbocycles. The summed E-state index contributed by atoms with van der Waals surface area (Å²) in [4.78, 5) is 14.6. The molecule has 0 bridgehead atoms. The maximum atomic E-state index is 13.0. The average molecular weight is 371 g/mol. The van der Waals surface area contributed by atoms with Crippen molar-refractivity contribution in [1.29, 1.82) is 0 Å². The van der Waals surface area contributed by atoms with Crippen molar-refractivity contribution in [2.24, 2.45) is 0 Å². The highest BCUT2D eigenvalue weighted by Crippen LogP contribution is 2.34. The maximum Gasteiger partial charge on any atom is 0.418 e. The van der Waals surface area contributed by atoms with Gasteiger partial charge in [0.25, 0.3) is 0 Å². The SMILES string of the molecule is CCC(CNC(C)CC(=O)Nc1ccccc1C(F)(F)F)N1CCCC1. The number of amides is 1. The number of carbonyl (C=O) groups excluding carboxylic acids is 1. The Balaban J connectivity index is 1.84. The maximum absolute atomic E-state index is 13.0. The van der Waals surface area contributed by atoms with Gasteiger partial charge in [0.2, 0.25) is 5.91 Å². The number of nitrogens with one attached hydrogen (secondary N) is 2. The standard InChI is InChI=1S/C19H28F3N3O/c1-3-15(25-10-6-7-11-25)13-23-14(2)12-18(26)24-17-9-5-4-8-16(17)19(20,21)22/h4-5,8-9,14-15,23H,3,6-7,10-13H2,1-2H3,(H,24,26). The second-order valence-corrected chi connectivity index (χ2v) is 6.91. The third-order valence-electron chi connectivity index (χ3n) is 4.83. The molecule has 26 heavy (non-hydrogen) atoms. The van der Waals surface area contributed by atoms with E-state index in [1.807, 2.05) is 6.92 Å². The van der Waals surface area contributed by atoms with Gasteiger partial charge in [-0.25, -0.2) is 0 Å². The van der Waals surface area contributed by atoms with Crippen molar-refractivity contribution in [3.8, 4) is 0 Å². The first-order valence-corrected chi connectivity index (χ1v) is 9.24. The Morgan fingerprint density at radius 1 is 1.23 bits per heavy atom. The van der Waals surface area contributed by atoms with Crippen LogP contribution in [0.15, 0.2) is 24.3 Å². The fraction of sp³-hybridized carbons (Fsp3) is 0.632. The third kappa shape index (κ3) is 5.99. The molecule has 0 saturated carbocycles. The van der Waals surface area contributed by atoms with Crippen LogP contribution < -0.4 is 10.6 Å². The van der Waals surface area contributed by atoms with Crippen LogP contribution in [-0.4, -0.2) is 42.5 Å². The highest BCUT2D eigenvalue weighted by Gasteiger charge is 2.33. The minimum absolute atomic E-state index is 0.107. The van der Waals surface area contributed by atoms with Crippen LogP contribution >= 0.6 is 0 Å². The molecule has 2 unspecified atom stereocenters. The van der Waals surface area contributed by atoms with Crippen LogP contribution in [0.4, 0.5) is 18.9 Å². The van der Waals surface area contributed by atoms with Crippen LogP contribution in [0.5, 0.6) is 0 Å². The predicted octanol–water partition coefficient (Wildman–Crippen LogP) is 3.89. The van der Waals surface area contributed by atoms with E-state index in [4.69, 9.17) is 0 Å². The monoisotopic (exact) mass is 371 g/mol. The van der Waals surface area contributed by atoms with E-state index in [1.165, 1.54) is 31.0 Å². The second kappa shape index (κ2) is 9.37. The van der Waals surface area contributed by atoms with Gasteiger partial charge in [0, 0.05) is 25.0 Å². The predicted molar refractivity (Wildman–Crippen MR) is 97.0 cm³/mol. The molecular weight excluding hydrogens is 343 g/mol. The van der Waals surface area contributed by atoms with E-state index in [-0.39, 0.29) is 18.2 Å². The summed E-state index contributed by atoms with van der Waals surface area (Å²) >= 11 is 0. The van der Waals surface area contributed by atoms with Gasteiger partial charge in [-0.3, -0.25) is 9.69 Å². The van der Waals surface area contributed by atoms with Crippen LogP contribution in [0, 0.1) is 0 Å². The zero-order chi connectivity index (χ0) is 19.2. The molecule has 1 aromatic rings. The number of anilines is 1. The van der Waals surface area contributed by atoms with Crippen molar-refractivity contribution < 1.29 is 18.0 Å². The van der Waals surface area contributed by atoms with Crippen LogP contribution in [0.3, 0.4) is 0 Å². The minimum atomic E-state index is -4.49. The number of nitrogens with zero attached hydrogens (tertiary/aromatic N) is 1. The summed E-state index contributed by atoms with van der Waals surface area (Å²) < 4.78 is 39.0. The molecule has 1 amide bonds. The molecule has 1 fully saturated rings. The lowest BCUT2D eigenvalue weighted by molar-refractivity contribution is -0.137. The molecule has 1 aliphatic rings. The molecule has 1 heterocycles. The summed E-state index contributed by atoms with van der Waals surface area (Å²) in [7, 11) is 0. The number of hydrogen-bond donors (Lipinski definition) is 2. The van der Waals surface area contributed by atoms with Gasteiger partial charge in [-0.2, -0.15) is 13.2 Å². The quantitative estimate of drug-likeness (QED) is 0.729. The molecule has 4 nitrogen and oxygen atoms in total. The first-order valence-electron chi connectivity index (χ1n) is 9.24. The highest BCUT2D eigenvalue weighted by molar-refractivity contribution is 5.92. The zero-order valence-corrected chi connectivity index (χ0v) is 15.4. The number of carbonyl (C=O) groups is 1. The normalized spacial score (nSPS) is 17.9. The van der Waals surface area contributed by atoms with E-state index in [0.717, 1.165) is 32.1 Å². The Morgan fingerprint density at radius 2 is 1.88 bits per heavy atom. The number of benzene rings is 1. The van der Waals surface area contributed by atoms with Gasteiger partial charge in [0.05, 0.1) is 11.3 Å².